The van der Waals surface area contributed by atoms with Crippen LogP contribution in [0, 0.1) is 13.8 Å². The summed E-state index contributed by atoms with van der Waals surface area (Å²) in [6.45, 7) is 8.38. The fourth-order valence-electron chi connectivity index (χ4n) is 1.19. The van der Waals surface area contributed by atoms with Crippen molar-refractivity contribution in [3.8, 4) is 0 Å². The minimum absolute atomic E-state index is 1.28. The second-order valence-electron chi connectivity index (χ2n) is 4.03. The zero-order valence-corrected chi connectivity index (χ0v) is 10.5. The number of aryl methyl sites for hydroxylation is 2. The molecule has 0 radical (unpaired) electrons. The number of hydrogen-bond donors (Lipinski definition) is 0. The average molecular weight is 210 g/mol. The van der Waals surface area contributed by atoms with Gasteiger partial charge in [-0.2, -0.15) is 0 Å². The summed E-state index contributed by atoms with van der Waals surface area (Å²) < 4.78 is 0. The summed E-state index contributed by atoms with van der Waals surface area (Å²) in [6, 6.07) is 8.36. The van der Waals surface area contributed by atoms with Crippen molar-refractivity contribution in [1.82, 2.24) is 0 Å². The van der Waals surface area contributed by atoms with E-state index in [2.05, 4.69) is 63.4 Å². The Bertz CT molecular complexity index is 444. The van der Waals surface area contributed by atoms with Crippen LogP contribution in [0.5, 0.6) is 0 Å². The highest BCUT2D eigenvalue weighted by Gasteiger charge is 1.88. The highest BCUT2D eigenvalue weighted by molar-refractivity contribution is 5.32. The lowest BCUT2D eigenvalue weighted by molar-refractivity contribution is 1.34. The van der Waals surface area contributed by atoms with Crippen molar-refractivity contribution in [2.45, 2.75) is 27.7 Å². The van der Waals surface area contributed by atoms with Crippen molar-refractivity contribution >= 4 is 0 Å². The maximum Gasteiger partial charge on any atom is -0.00832 e. The summed E-state index contributed by atoms with van der Waals surface area (Å²) in [5.74, 6) is 0. The molecule has 0 aliphatic heterocycles. The zero-order chi connectivity index (χ0) is 12.0. The molecule has 0 atom stereocenters. The molecule has 1 aliphatic carbocycles. The lowest BCUT2D eigenvalue weighted by Gasteiger charge is -1.94. The van der Waals surface area contributed by atoms with E-state index in [1.54, 1.807) is 0 Å². The predicted molar refractivity (Wildman–Crippen MR) is 70.5 cm³/mol. The fourth-order valence-corrected chi connectivity index (χ4v) is 1.19. The van der Waals surface area contributed by atoms with E-state index in [4.69, 9.17) is 0 Å². The monoisotopic (exact) mass is 210 g/mol. The molecule has 0 fully saturated rings. The van der Waals surface area contributed by atoms with Gasteiger partial charge in [0.05, 0.1) is 0 Å². The number of allylic oxidation sites excluding steroid dienone is 4. The normalized spacial score (nSPS) is 12.5. The van der Waals surface area contributed by atoms with Crippen LogP contribution < -0.4 is 0 Å². The largest absolute Gasteiger partial charge is 0.0699 e. The maximum atomic E-state index is 2.88. The summed E-state index contributed by atoms with van der Waals surface area (Å²) in [5, 5.41) is 0. The summed E-state index contributed by atoms with van der Waals surface area (Å²) in [7, 11) is 0. The van der Waals surface area contributed by atoms with Crippen LogP contribution in [0.25, 0.3) is 0 Å². The van der Waals surface area contributed by atoms with Gasteiger partial charge in [-0.05, 0) is 62.1 Å². The van der Waals surface area contributed by atoms with Gasteiger partial charge in [-0.3, -0.25) is 0 Å². The maximum absolute atomic E-state index is 2.88. The molecule has 2 rings (SSSR count). The van der Waals surface area contributed by atoms with Crippen LogP contribution in [0.2, 0.25) is 0 Å². The molecule has 0 amide bonds. The lowest BCUT2D eigenvalue weighted by Crippen LogP contribution is -1.75. The fraction of sp³-hybridized carbons (Fsp3) is 0.250. The molecule has 0 bridgehead atoms. The van der Waals surface area contributed by atoms with Crippen LogP contribution >= 0.6 is 0 Å². The standard InChI is InChI=1S/C8H10.C8H8/c2*1-7-5-3-4-6-8(7)2/h3-6H,1-2H3;5-6H,1-2H3. The molecule has 0 saturated carbocycles. The van der Waals surface area contributed by atoms with Gasteiger partial charge in [-0.15, -0.1) is 0 Å². The molecule has 0 nitrogen and oxygen atoms in total. The third-order valence-electron chi connectivity index (χ3n) is 2.71. The molecule has 0 heteroatoms. The van der Waals surface area contributed by atoms with Gasteiger partial charge < -0.3 is 0 Å². The molecule has 1 aromatic rings. The number of hydrogen-bond acceptors (Lipinski definition) is 0. The van der Waals surface area contributed by atoms with Crippen LogP contribution in [0.4, 0.5) is 0 Å². The molecule has 1 aromatic carbocycles. The van der Waals surface area contributed by atoms with Crippen molar-refractivity contribution in [3.05, 3.63) is 70.2 Å². The Kier molecular flexibility index (Phi) is 4.61. The van der Waals surface area contributed by atoms with Gasteiger partial charge in [0.2, 0.25) is 0 Å². The second kappa shape index (κ2) is 5.98. The molecule has 1 aliphatic rings. The second-order valence-corrected chi connectivity index (χ2v) is 4.03. The first-order valence-corrected chi connectivity index (χ1v) is 5.48. The lowest BCUT2D eigenvalue weighted by atomic mass is 10.1. The minimum Gasteiger partial charge on any atom is -0.0699 e. The zero-order valence-electron chi connectivity index (χ0n) is 10.5. The minimum atomic E-state index is 1.28. The van der Waals surface area contributed by atoms with Gasteiger partial charge in [0.15, 0.2) is 0 Å². The van der Waals surface area contributed by atoms with Crippen LogP contribution in [0.1, 0.15) is 25.0 Å². The summed E-state index contributed by atoms with van der Waals surface area (Å²) in [5.41, 5.74) is 11.1. The van der Waals surface area contributed by atoms with E-state index in [1.165, 1.54) is 22.3 Å². The average Bonchev–Trinajstić information content (AvgIpc) is 2.28. The van der Waals surface area contributed by atoms with Crippen molar-refractivity contribution in [2.75, 3.05) is 0 Å². The Hall–Kier alpha value is -1.74. The topological polar surface area (TPSA) is 0 Å². The summed E-state index contributed by atoms with van der Waals surface area (Å²) in [6.07, 6.45) is 3.88. The van der Waals surface area contributed by atoms with Crippen LogP contribution in [-0.2, 0) is 0 Å². The first kappa shape index (κ1) is 12.3. The van der Waals surface area contributed by atoms with Crippen molar-refractivity contribution < 1.29 is 0 Å². The quantitative estimate of drug-likeness (QED) is 0.553. The molecule has 82 valence electrons. The van der Waals surface area contributed by atoms with Crippen molar-refractivity contribution in [1.29, 1.82) is 0 Å². The molecular weight excluding hydrogens is 192 g/mol. The first-order valence-electron chi connectivity index (χ1n) is 5.48. The molecule has 0 unspecified atom stereocenters. The van der Waals surface area contributed by atoms with E-state index in [9.17, 15) is 0 Å². The predicted octanol–water partition coefficient (Wildman–Crippen LogP) is 4.51. The van der Waals surface area contributed by atoms with Crippen molar-refractivity contribution in [2.24, 2.45) is 0 Å². The third-order valence-corrected chi connectivity index (χ3v) is 2.71. The van der Waals surface area contributed by atoms with Crippen LogP contribution in [0.15, 0.2) is 59.0 Å². The third kappa shape index (κ3) is 3.79. The SMILES string of the molecule is CC1=C(C)C=C=C=C1.Cc1ccccc1C. The Morgan fingerprint density at radius 3 is 1.31 bits per heavy atom. The molecule has 0 N–H and O–H groups in total. The van der Waals surface area contributed by atoms with Crippen LogP contribution in [-0.4, -0.2) is 0 Å². The Balaban J connectivity index is 0.000000160. The van der Waals surface area contributed by atoms with E-state index in [0.717, 1.165) is 0 Å². The highest BCUT2D eigenvalue weighted by atomic mass is 13.9. The van der Waals surface area contributed by atoms with Gasteiger partial charge in [-0.25, -0.2) is 0 Å². The molecular formula is C16H18. The van der Waals surface area contributed by atoms with E-state index in [-0.39, 0.29) is 0 Å². The van der Waals surface area contributed by atoms with Gasteiger partial charge in [-0.1, -0.05) is 35.7 Å². The Morgan fingerprint density at radius 2 is 1.06 bits per heavy atom. The van der Waals surface area contributed by atoms with E-state index >= 15 is 0 Å². The van der Waals surface area contributed by atoms with Gasteiger partial charge in [0.1, 0.15) is 0 Å². The van der Waals surface area contributed by atoms with Crippen LogP contribution in [0.3, 0.4) is 0 Å². The Labute approximate surface area is 98.3 Å². The van der Waals surface area contributed by atoms with Gasteiger partial charge >= 0.3 is 0 Å². The smallest absolute Gasteiger partial charge is 0.00832 e. The van der Waals surface area contributed by atoms with E-state index < -0.39 is 0 Å². The number of benzene rings is 1. The highest BCUT2D eigenvalue weighted by Crippen LogP contribution is 2.06. The van der Waals surface area contributed by atoms with Crippen molar-refractivity contribution in [3.63, 3.8) is 0 Å². The Morgan fingerprint density at radius 1 is 0.688 bits per heavy atom. The molecule has 0 heterocycles. The molecule has 0 saturated heterocycles. The van der Waals surface area contributed by atoms with E-state index in [1.807, 2.05) is 12.2 Å². The summed E-state index contributed by atoms with van der Waals surface area (Å²) in [4.78, 5) is 0. The number of rotatable bonds is 0. The summed E-state index contributed by atoms with van der Waals surface area (Å²) >= 11 is 0. The first-order chi connectivity index (χ1) is 7.61. The van der Waals surface area contributed by atoms with Gasteiger partial charge in [0, 0.05) is 0 Å². The van der Waals surface area contributed by atoms with Gasteiger partial charge in [0.25, 0.3) is 0 Å². The molecule has 0 spiro atoms. The molecule has 16 heavy (non-hydrogen) atoms. The van der Waals surface area contributed by atoms with E-state index in [0.29, 0.717) is 0 Å². The molecule has 0 aromatic heterocycles.